The largest absolute Gasteiger partial charge is 0.462 e. The smallest absolute Gasteiger partial charge is 0.306 e. The Morgan fingerprint density at radius 2 is 0.880 bits per heavy atom. The van der Waals surface area contributed by atoms with Gasteiger partial charge in [0.15, 0.2) is 6.10 Å². The number of esters is 2. The predicted molar refractivity (Wildman–Crippen MR) is 214 cm³/mol. The minimum absolute atomic E-state index is 0.116. The van der Waals surface area contributed by atoms with Gasteiger partial charge in [0.1, 0.15) is 6.61 Å². The first-order valence-corrected chi connectivity index (χ1v) is 19.4. The first kappa shape index (κ1) is 46.6. The van der Waals surface area contributed by atoms with Gasteiger partial charge in [-0.2, -0.15) is 0 Å². The van der Waals surface area contributed by atoms with Crippen LogP contribution in [0.15, 0.2) is 109 Å². The number of rotatable bonds is 33. The average Bonchev–Trinajstić information content (AvgIpc) is 3.12. The van der Waals surface area contributed by atoms with E-state index in [4.69, 9.17) is 9.47 Å². The summed E-state index contributed by atoms with van der Waals surface area (Å²) in [5.74, 6) is -0.708. The first-order chi connectivity index (χ1) is 24.6. The van der Waals surface area contributed by atoms with E-state index in [9.17, 15) is 14.7 Å². The van der Waals surface area contributed by atoms with Crippen LogP contribution in [0.4, 0.5) is 0 Å². The normalized spacial score (nSPS) is 13.4. The zero-order valence-corrected chi connectivity index (χ0v) is 31.6. The summed E-state index contributed by atoms with van der Waals surface area (Å²) in [5.41, 5.74) is 0. The van der Waals surface area contributed by atoms with E-state index in [2.05, 4.69) is 123 Å². The Morgan fingerprint density at radius 3 is 1.32 bits per heavy atom. The van der Waals surface area contributed by atoms with Crippen LogP contribution >= 0.6 is 0 Å². The molecule has 50 heavy (non-hydrogen) atoms. The summed E-state index contributed by atoms with van der Waals surface area (Å²) in [7, 11) is 0. The molecule has 5 nitrogen and oxygen atoms in total. The number of unbranched alkanes of at least 4 members (excludes halogenated alkanes) is 7. The molecule has 0 aliphatic carbocycles. The number of aliphatic hydroxyl groups excluding tert-OH is 1. The van der Waals surface area contributed by atoms with Crippen LogP contribution in [0.1, 0.15) is 142 Å². The van der Waals surface area contributed by atoms with Crippen molar-refractivity contribution in [2.75, 3.05) is 13.2 Å². The summed E-state index contributed by atoms with van der Waals surface area (Å²) in [4.78, 5) is 24.2. The lowest BCUT2D eigenvalue weighted by molar-refractivity contribution is -0.161. The molecule has 0 saturated carbocycles. The molecule has 0 amide bonds. The third-order valence-corrected chi connectivity index (χ3v) is 7.55. The molecule has 0 rings (SSSR count). The lowest BCUT2D eigenvalue weighted by atomic mass is 10.1. The summed E-state index contributed by atoms with van der Waals surface area (Å²) >= 11 is 0. The standard InChI is InChI=1S/C45H70O5/c1-3-5-7-9-11-13-15-17-19-21-22-24-26-28-30-32-34-36-38-40-45(48)50-43(41-46)42-49-44(47)39-37-35-33-31-29-27-25-23-20-18-16-14-12-10-8-6-4-2/h6,8,11-14,17-20,22,24-25,27-28,30-31,33,43,46H,3-5,7,9-10,15-16,21,23,26,29,32,34-42H2,1-2H3. The molecule has 0 aromatic rings. The Morgan fingerprint density at radius 1 is 0.480 bits per heavy atom. The molecule has 0 fully saturated rings. The van der Waals surface area contributed by atoms with Crippen molar-refractivity contribution in [2.24, 2.45) is 0 Å². The average molecular weight is 691 g/mol. The van der Waals surface area contributed by atoms with Crippen molar-refractivity contribution in [3.05, 3.63) is 109 Å². The maximum absolute atomic E-state index is 12.2. The summed E-state index contributed by atoms with van der Waals surface area (Å²) in [6.45, 7) is 3.89. The van der Waals surface area contributed by atoms with E-state index in [-0.39, 0.29) is 25.2 Å². The van der Waals surface area contributed by atoms with Crippen LogP contribution in [-0.2, 0) is 19.1 Å². The van der Waals surface area contributed by atoms with Crippen molar-refractivity contribution in [3.8, 4) is 0 Å². The van der Waals surface area contributed by atoms with Crippen molar-refractivity contribution in [1.82, 2.24) is 0 Å². The van der Waals surface area contributed by atoms with Crippen LogP contribution in [0.2, 0.25) is 0 Å². The monoisotopic (exact) mass is 691 g/mol. The molecule has 1 unspecified atom stereocenters. The summed E-state index contributed by atoms with van der Waals surface area (Å²) < 4.78 is 10.5. The molecule has 0 heterocycles. The van der Waals surface area contributed by atoms with Crippen LogP contribution in [0, 0.1) is 0 Å². The Hall–Kier alpha value is -3.44. The SMILES string of the molecule is CCC=CCC=CCC=CCC=CCC=CCCCC(=O)OCC(CO)OC(=O)CCCCCC=CCC=CCC=CCC=CCCCCC. The van der Waals surface area contributed by atoms with E-state index in [0.717, 1.165) is 83.5 Å². The Kier molecular flexibility index (Phi) is 37.2. The van der Waals surface area contributed by atoms with Crippen molar-refractivity contribution in [2.45, 2.75) is 148 Å². The maximum atomic E-state index is 12.2. The second-order valence-electron chi connectivity index (χ2n) is 12.3. The van der Waals surface area contributed by atoms with Gasteiger partial charge in [-0.15, -0.1) is 0 Å². The van der Waals surface area contributed by atoms with E-state index in [1.165, 1.54) is 25.7 Å². The highest BCUT2D eigenvalue weighted by Gasteiger charge is 2.15. The van der Waals surface area contributed by atoms with Crippen molar-refractivity contribution >= 4 is 11.9 Å². The third kappa shape index (κ3) is 37.4. The van der Waals surface area contributed by atoms with E-state index in [1.807, 2.05) is 0 Å². The molecule has 0 bridgehead atoms. The fraction of sp³-hybridized carbons (Fsp3) is 0.556. The van der Waals surface area contributed by atoms with Gasteiger partial charge in [0.2, 0.25) is 0 Å². The predicted octanol–water partition coefficient (Wildman–Crippen LogP) is 12.3. The molecule has 0 aromatic carbocycles. The second kappa shape index (κ2) is 40.0. The number of hydrogen-bond acceptors (Lipinski definition) is 5. The molecule has 5 heteroatoms. The van der Waals surface area contributed by atoms with Gasteiger partial charge in [-0.25, -0.2) is 0 Å². The molecule has 280 valence electrons. The number of carbonyl (C=O) groups excluding carboxylic acids is 2. The van der Waals surface area contributed by atoms with Crippen molar-refractivity contribution < 1.29 is 24.2 Å². The van der Waals surface area contributed by atoms with Crippen LogP contribution in [-0.4, -0.2) is 36.4 Å². The molecular formula is C45H70O5. The summed E-state index contributed by atoms with van der Waals surface area (Å²) in [5, 5.41) is 9.54. The molecule has 0 aliphatic heterocycles. The molecule has 1 N–H and O–H groups in total. The minimum atomic E-state index is -0.818. The van der Waals surface area contributed by atoms with E-state index in [0.29, 0.717) is 19.3 Å². The lowest BCUT2D eigenvalue weighted by Crippen LogP contribution is -2.28. The molecule has 0 aromatic heterocycles. The minimum Gasteiger partial charge on any atom is -0.462 e. The Labute approximate surface area is 306 Å². The zero-order valence-electron chi connectivity index (χ0n) is 31.6. The van der Waals surface area contributed by atoms with Gasteiger partial charge < -0.3 is 14.6 Å². The fourth-order valence-electron chi connectivity index (χ4n) is 4.63. The lowest BCUT2D eigenvalue weighted by Gasteiger charge is -2.15. The zero-order chi connectivity index (χ0) is 36.4. The van der Waals surface area contributed by atoms with Gasteiger partial charge in [0.05, 0.1) is 6.61 Å². The van der Waals surface area contributed by atoms with Crippen LogP contribution in [0.5, 0.6) is 0 Å². The van der Waals surface area contributed by atoms with Crippen LogP contribution in [0.3, 0.4) is 0 Å². The topological polar surface area (TPSA) is 72.8 Å². The van der Waals surface area contributed by atoms with Crippen molar-refractivity contribution in [1.29, 1.82) is 0 Å². The molecule has 0 saturated heterocycles. The molecule has 0 aliphatic rings. The maximum Gasteiger partial charge on any atom is 0.306 e. The number of aliphatic hydroxyl groups is 1. The van der Waals surface area contributed by atoms with Gasteiger partial charge in [-0.1, -0.05) is 142 Å². The number of carbonyl (C=O) groups is 2. The first-order valence-electron chi connectivity index (χ1n) is 19.4. The quantitative estimate of drug-likeness (QED) is 0.0421. The molecule has 0 spiro atoms. The third-order valence-electron chi connectivity index (χ3n) is 7.55. The van der Waals surface area contributed by atoms with E-state index in [1.54, 1.807) is 0 Å². The number of hydrogen-bond donors (Lipinski definition) is 1. The summed E-state index contributed by atoms with van der Waals surface area (Å²) in [6, 6.07) is 0. The van der Waals surface area contributed by atoms with Crippen molar-refractivity contribution in [3.63, 3.8) is 0 Å². The van der Waals surface area contributed by atoms with Crippen LogP contribution in [0.25, 0.3) is 0 Å². The van der Waals surface area contributed by atoms with Gasteiger partial charge in [-0.05, 0) is 96.3 Å². The number of allylic oxidation sites excluding steroid dienone is 18. The van der Waals surface area contributed by atoms with Gasteiger partial charge in [0.25, 0.3) is 0 Å². The second-order valence-corrected chi connectivity index (χ2v) is 12.3. The number of ether oxygens (including phenoxy) is 2. The van der Waals surface area contributed by atoms with Gasteiger partial charge in [-0.3, -0.25) is 9.59 Å². The molecule has 0 radical (unpaired) electrons. The summed E-state index contributed by atoms with van der Waals surface area (Å²) in [6.07, 6.45) is 57.2. The highest BCUT2D eigenvalue weighted by atomic mass is 16.6. The van der Waals surface area contributed by atoms with Gasteiger partial charge >= 0.3 is 11.9 Å². The molecular weight excluding hydrogens is 620 g/mol. The highest BCUT2D eigenvalue weighted by Crippen LogP contribution is 2.08. The van der Waals surface area contributed by atoms with E-state index < -0.39 is 6.10 Å². The molecule has 1 atom stereocenters. The Balaban J connectivity index is 3.78. The van der Waals surface area contributed by atoms with E-state index >= 15 is 0 Å². The highest BCUT2D eigenvalue weighted by molar-refractivity contribution is 5.70. The fourth-order valence-corrected chi connectivity index (χ4v) is 4.63. The van der Waals surface area contributed by atoms with Gasteiger partial charge in [0, 0.05) is 12.8 Å². The van der Waals surface area contributed by atoms with Crippen LogP contribution < -0.4 is 0 Å². The Bertz CT molecular complexity index is 1050.